The van der Waals surface area contributed by atoms with Crippen molar-refractivity contribution in [2.24, 2.45) is 0 Å². The molecule has 0 amide bonds. The van der Waals surface area contributed by atoms with Crippen LogP contribution in [0.1, 0.15) is 0 Å². The van der Waals surface area contributed by atoms with Gasteiger partial charge in [0.2, 0.25) is 0 Å². The molecule has 49 heavy (non-hydrogen) atoms. The van der Waals surface area contributed by atoms with Crippen molar-refractivity contribution in [1.82, 2.24) is 15.0 Å². The zero-order valence-corrected chi connectivity index (χ0v) is 26.3. The summed E-state index contributed by atoms with van der Waals surface area (Å²) in [6, 6.07) is 56.8. The van der Waals surface area contributed by atoms with Crippen molar-refractivity contribution in [2.75, 3.05) is 0 Å². The lowest BCUT2D eigenvalue weighted by atomic mass is 9.91. The van der Waals surface area contributed by atoms with Gasteiger partial charge in [-0.3, -0.25) is 0 Å². The maximum atomic E-state index is 6.72. The van der Waals surface area contributed by atoms with E-state index < -0.39 is 0 Å². The van der Waals surface area contributed by atoms with Crippen LogP contribution in [0, 0.1) is 0 Å². The standard InChI is InChI=1S/C45H27N3O/c1-3-13-30(14-4-1)43-46-44(31-15-5-2-6-16-31)48-45(47-43)37-27-26-35(33-18-9-10-19-34(33)37)36-20-11-21-39-41(36)38-25-24-29-23-22-28-12-7-8-17-32(28)40(29)42(38)49-39/h1-27H. The van der Waals surface area contributed by atoms with Crippen LogP contribution < -0.4 is 0 Å². The monoisotopic (exact) mass is 625 g/mol. The largest absolute Gasteiger partial charge is 0.455 e. The van der Waals surface area contributed by atoms with Gasteiger partial charge in [0.25, 0.3) is 0 Å². The first-order valence-electron chi connectivity index (χ1n) is 16.5. The molecule has 0 aliphatic rings. The molecule has 0 aliphatic carbocycles. The molecule has 10 aromatic rings. The highest BCUT2D eigenvalue weighted by molar-refractivity contribution is 6.25. The molecule has 0 fully saturated rings. The molecule has 0 atom stereocenters. The Morgan fingerprint density at radius 1 is 0.327 bits per heavy atom. The summed E-state index contributed by atoms with van der Waals surface area (Å²) < 4.78 is 6.72. The van der Waals surface area contributed by atoms with Crippen LogP contribution in [-0.4, -0.2) is 15.0 Å². The van der Waals surface area contributed by atoms with Crippen molar-refractivity contribution in [1.29, 1.82) is 0 Å². The van der Waals surface area contributed by atoms with Gasteiger partial charge >= 0.3 is 0 Å². The lowest BCUT2D eigenvalue weighted by molar-refractivity contribution is 0.673. The van der Waals surface area contributed by atoms with Gasteiger partial charge in [0.1, 0.15) is 11.2 Å². The molecule has 0 aliphatic heterocycles. The molecule has 0 saturated heterocycles. The summed E-state index contributed by atoms with van der Waals surface area (Å²) in [5, 5.41) is 9.14. The molecule has 0 spiro atoms. The molecule has 10 rings (SSSR count). The zero-order valence-electron chi connectivity index (χ0n) is 26.3. The predicted molar refractivity (Wildman–Crippen MR) is 201 cm³/mol. The Kier molecular flexibility index (Phi) is 6.15. The third kappa shape index (κ3) is 4.42. The molecule has 4 heteroatoms. The van der Waals surface area contributed by atoms with Gasteiger partial charge in [-0.05, 0) is 56.3 Å². The fourth-order valence-corrected chi connectivity index (χ4v) is 7.25. The van der Waals surface area contributed by atoms with Crippen molar-refractivity contribution in [3.8, 4) is 45.3 Å². The number of aromatic nitrogens is 3. The molecule has 4 nitrogen and oxygen atoms in total. The Labute approximate surface area is 282 Å². The molecule has 2 heterocycles. The summed E-state index contributed by atoms with van der Waals surface area (Å²) >= 11 is 0. The van der Waals surface area contributed by atoms with E-state index in [-0.39, 0.29) is 0 Å². The molecule has 228 valence electrons. The van der Waals surface area contributed by atoms with Crippen molar-refractivity contribution in [2.45, 2.75) is 0 Å². The summed E-state index contributed by atoms with van der Waals surface area (Å²) in [6.45, 7) is 0. The third-order valence-corrected chi connectivity index (χ3v) is 9.52. The Morgan fingerprint density at radius 3 is 1.63 bits per heavy atom. The first-order chi connectivity index (χ1) is 24.3. The van der Waals surface area contributed by atoms with E-state index in [0.717, 1.165) is 65.9 Å². The van der Waals surface area contributed by atoms with Gasteiger partial charge in [-0.1, -0.05) is 146 Å². The number of rotatable bonds is 4. The van der Waals surface area contributed by atoms with E-state index in [9.17, 15) is 0 Å². The van der Waals surface area contributed by atoms with Gasteiger partial charge in [0.05, 0.1) is 0 Å². The smallest absolute Gasteiger partial charge is 0.164 e. The minimum Gasteiger partial charge on any atom is -0.455 e. The van der Waals surface area contributed by atoms with Crippen LogP contribution in [0.5, 0.6) is 0 Å². The number of hydrogen-bond donors (Lipinski definition) is 0. The van der Waals surface area contributed by atoms with Gasteiger partial charge in [-0.15, -0.1) is 0 Å². The van der Waals surface area contributed by atoms with Crippen LogP contribution in [0.15, 0.2) is 168 Å². The highest BCUT2D eigenvalue weighted by Crippen LogP contribution is 2.44. The average molecular weight is 626 g/mol. The Balaban J connectivity index is 1.21. The summed E-state index contributed by atoms with van der Waals surface area (Å²) in [6.07, 6.45) is 0. The fourth-order valence-electron chi connectivity index (χ4n) is 7.25. The number of fused-ring (bicyclic) bond motifs is 8. The van der Waals surface area contributed by atoms with Gasteiger partial charge in [0, 0.05) is 32.8 Å². The van der Waals surface area contributed by atoms with Crippen molar-refractivity contribution in [3.05, 3.63) is 164 Å². The highest BCUT2D eigenvalue weighted by atomic mass is 16.3. The zero-order chi connectivity index (χ0) is 32.3. The number of furan rings is 1. The van der Waals surface area contributed by atoms with Crippen LogP contribution in [0.2, 0.25) is 0 Å². The van der Waals surface area contributed by atoms with E-state index in [1.807, 2.05) is 60.7 Å². The van der Waals surface area contributed by atoms with E-state index in [1.165, 1.54) is 16.2 Å². The van der Waals surface area contributed by atoms with E-state index in [2.05, 4.69) is 103 Å². The van der Waals surface area contributed by atoms with E-state index >= 15 is 0 Å². The molecule has 0 N–H and O–H groups in total. The second kappa shape index (κ2) is 11.0. The molecular formula is C45H27N3O. The number of nitrogens with zero attached hydrogens (tertiary/aromatic N) is 3. The summed E-state index contributed by atoms with van der Waals surface area (Å²) in [5.74, 6) is 1.93. The van der Waals surface area contributed by atoms with Gasteiger partial charge < -0.3 is 4.42 Å². The van der Waals surface area contributed by atoms with Crippen molar-refractivity contribution >= 4 is 54.3 Å². The van der Waals surface area contributed by atoms with E-state index in [1.54, 1.807) is 0 Å². The molecule has 0 radical (unpaired) electrons. The van der Waals surface area contributed by atoms with E-state index in [4.69, 9.17) is 19.4 Å². The SMILES string of the molecule is c1ccc(-c2nc(-c3ccccc3)nc(-c3ccc(-c4cccc5oc6c(ccc7ccc8ccccc8c76)c45)c4ccccc34)n2)cc1. The van der Waals surface area contributed by atoms with E-state index in [0.29, 0.717) is 17.5 Å². The minimum atomic E-state index is 0.640. The minimum absolute atomic E-state index is 0.640. The third-order valence-electron chi connectivity index (χ3n) is 9.52. The topological polar surface area (TPSA) is 51.8 Å². The summed E-state index contributed by atoms with van der Waals surface area (Å²) in [4.78, 5) is 15.0. The van der Waals surface area contributed by atoms with Crippen LogP contribution in [0.25, 0.3) is 99.5 Å². The molecular weight excluding hydrogens is 599 g/mol. The maximum absolute atomic E-state index is 6.72. The van der Waals surface area contributed by atoms with Crippen LogP contribution in [0.4, 0.5) is 0 Å². The van der Waals surface area contributed by atoms with Crippen molar-refractivity contribution < 1.29 is 4.42 Å². The Hall–Kier alpha value is -6.65. The number of hydrogen-bond acceptors (Lipinski definition) is 4. The Morgan fingerprint density at radius 2 is 0.898 bits per heavy atom. The first kappa shape index (κ1) is 27.5. The molecule has 2 aromatic heterocycles. The highest BCUT2D eigenvalue weighted by Gasteiger charge is 2.20. The lowest BCUT2D eigenvalue weighted by Crippen LogP contribution is -2.00. The summed E-state index contributed by atoms with van der Waals surface area (Å²) in [7, 11) is 0. The quantitative estimate of drug-likeness (QED) is 0.183. The second-order valence-electron chi connectivity index (χ2n) is 12.4. The molecule has 0 unspecified atom stereocenters. The normalized spacial score (nSPS) is 11.7. The van der Waals surface area contributed by atoms with Gasteiger partial charge in [-0.2, -0.15) is 0 Å². The van der Waals surface area contributed by atoms with Gasteiger partial charge in [0.15, 0.2) is 17.5 Å². The number of benzene rings is 8. The molecule has 8 aromatic carbocycles. The van der Waals surface area contributed by atoms with Crippen LogP contribution in [0.3, 0.4) is 0 Å². The van der Waals surface area contributed by atoms with Crippen molar-refractivity contribution in [3.63, 3.8) is 0 Å². The first-order valence-corrected chi connectivity index (χ1v) is 16.5. The predicted octanol–water partition coefficient (Wildman–Crippen LogP) is 11.9. The lowest BCUT2D eigenvalue weighted by Gasteiger charge is -2.13. The van der Waals surface area contributed by atoms with Crippen LogP contribution >= 0.6 is 0 Å². The Bertz CT molecular complexity index is 2820. The maximum Gasteiger partial charge on any atom is 0.164 e. The second-order valence-corrected chi connectivity index (χ2v) is 12.4. The van der Waals surface area contributed by atoms with Crippen LogP contribution in [-0.2, 0) is 0 Å². The fraction of sp³-hybridized carbons (Fsp3) is 0. The molecule has 0 saturated carbocycles. The summed E-state index contributed by atoms with van der Waals surface area (Å²) in [5.41, 5.74) is 6.91. The van der Waals surface area contributed by atoms with Gasteiger partial charge in [-0.25, -0.2) is 15.0 Å². The average Bonchev–Trinajstić information content (AvgIpc) is 3.57. The molecule has 0 bridgehead atoms.